The van der Waals surface area contributed by atoms with Crippen LogP contribution in [-0.4, -0.2) is 16.0 Å². The lowest BCUT2D eigenvalue weighted by molar-refractivity contribution is -0.384. The second-order valence-electron chi connectivity index (χ2n) is 5.97. The Morgan fingerprint density at radius 3 is 2.46 bits per heavy atom. The number of ether oxygens (including phenoxy) is 1. The number of carbonyl (C=O) groups is 1. The number of nitro benzene ring substituents is 1. The van der Waals surface area contributed by atoms with Crippen molar-refractivity contribution in [1.82, 2.24) is 0 Å². The molecule has 0 aliphatic rings. The van der Waals surface area contributed by atoms with E-state index < -0.39 is 10.9 Å². The average molecular weight is 375 g/mol. The van der Waals surface area contributed by atoms with Gasteiger partial charge >= 0.3 is 5.97 Å². The summed E-state index contributed by atoms with van der Waals surface area (Å²) in [4.78, 5) is 21.8. The molecule has 1 N–H and O–H groups in total. The molecule has 0 aliphatic heterocycles. The number of nitrogens with zero attached hydrogens (tertiary/aromatic N) is 1. The lowest BCUT2D eigenvalue weighted by atomic mass is 10.0. The Balaban J connectivity index is 1.98. The van der Waals surface area contributed by atoms with E-state index in [0.717, 1.165) is 11.6 Å². The predicted molar refractivity (Wildman–Crippen MR) is 106 cm³/mol. The van der Waals surface area contributed by atoms with Gasteiger partial charge in [-0.1, -0.05) is 48.5 Å². The minimum absolute atomic E-state index is 0.0198. The van der Waals surface area contributed by atoms with Crippen molar-refractivity contribution in [2.24, 2.45) is 0 Å². The van der Waals surface area contributed by atoms with Crippen LogP contribution in [0.2, 0.25) is 0 Å². The van der Waals surface area contributed by atoms with Crippen LogP contribution in [0.15, 0.2) is 78.9 Å². The molecule has 0 heterocycles. The van der Waals surface area contributed by atoms with Crippen LogP contribution in [0.1, 0.15) is 11.1 Å². The lowest BCUT2D eigenvalue weighted by Gasteiger charge is -2.12. The highest BCUT2D eigenvalue weighted by Gasteiger charge is 2.15. The summed E-state index contributed by atoms with van der Waals surface area (Å²) in [5.74, 6) is -0.603. The highest BCUT2D eigenvalue weighted by atomic mass is 16.6. The number of para-hydroxylation sites is 1. The Kier molecular flexibility index (Phi) is 5.81. The fourth-order valence-electron chi connectivity index (χ4n) is 2.75. The number of carboxylic acid groups (broad SMARTS) is 1. The average Bonchev–Trinajstić information content (AvgIpc) is 2.71. The van der Waals surface area contributed by atoms with E-state index in [1.807, 2.05) is 30.3 Å². The van der Waals surface area contributed by atoms with Crippen molar-refractivity contribution in [2.75, 3.05) is 0 Å². The summed E-state index contributed by atoms with van der Waals surface area (Å²) in [5.41, 5.74) is 2.53. The van der Waals surface area contributed by atoms with Gasteiger partial charge in [-0.05, 0) is 35.4 Å². The normalized spacial score (nSPS) is 10.7. The van der Waals surface area contributed by atoms with Gasteiger partial charge in [-0.2, -0.15) is 0 Å². The van der Waals surface area contributed by atoms with Crippen molar-refractivity contribution in [3.63, 3.8) is 0 Å². The zero-order chi connectivity index (χ0) is 19.9. The topological polar surface area (TPSA) is 89.7 Å². The molecule has 0 amide bonds. The SMILES string of the molecule is O=C(O)C=Cc1cc(-c2ccccc2[N+](=O)[O-])ccc1OCc1ccccc1. The molecule has 3 rings (SSSR count). The second kappa shape index (κ2) is 8.64. The van der Waals surface area contributed by atoms with Crippen LogP contribution >= 0.6 is 0 Å². The van der Waals surface area contributed by atoms with Crippen molar-refractivity contribution in [2.45, 2.75) is 6.61 Å². The van der Waals surface area contributed by atoms with E-state index in [2.05, 4.69) is 0 Å². The lowest BCUT2D eigenvalue weighted by Crippen LogP contribution is -1.98. The van der Waals surface area contributed by atoms with Gasteiger partial charge in [0, 0.05) is 17.7 Å². The van der Waals surface area contributed by atoms with Gasteiger partial charge in [0.2, 0.25) is 0 Å². The van der Waals surface area contributed by atoms with Gasteiger partial charge in [-0.25, -0.2) is 4.79 Å². The van der Waals surface area contributed by atoms with Crippen LogP contribution in [-0.2, 0) is 11.4 Å². The van der Waals surface area contributed by atoms with Crippen LogP contribution < -0.4 is 4.74 Å². The van der Waals surface area contributed by atoms with Crippen LogP contribution in [0, 0.1) is 10.1 Å². The first-order chi connectivity index (χ1) is 13.5. The standard InChI is InChI=1S/C22H17NO5/c24-22(25)13-11-18-14-17(19-8-4-5-9-20(19)23(26)27)10-12-21(18)28-15-16-6-2-1-3-7-16/h1-14H,15H2,(H,24,25). The van der Waals surface area contributed by atoms with E-state index in [-0.39, 0.29) is 5.69 Å². The highest BCUT2D eigenvalue weighted by molar-refractivity contribution is 5.87. The van der Waals surface area contributed by atoms with Crippen molar-refractivity contribution >= 4 is 17.7 Å². The molecule has 28 heavy (non-hydrogen) atoms. The van der Waals surface area contributed by atoms with Crippen molar-refractivity contribution in [3.05, 3.63) is 100 Å². The van der Waals surface area contributed by atoms with Crippen LogP contribution in [0.25, 0.3) is 17.2 Å². The third kappa shape index (κ3) is 4.62. The van der Waals surface area contributed by atoms with Gasteiger partial charge in [-0.15, -0.1) is 0 Å². The molecule has 3 aromatic carbocycles. The predicted octanol–water partition coefficient (Wildman–Crippen LogP) is 4.94. The molecule has 6 nitrogen and oxygen atoms in total. The van der Waals surface area contributed by atoms with E-state index in [9.17, 15) is 14.9 Å². The quantitative estimate of drug-likeness (QED) is 0.359. The molecule has 0 aliphatic carbocycles. The Labute approximate surface area is 161 Å². The largest absolute Gasteiger partial charge is 0.488 e. The van der Waals surface area contributed by atoms with Gasteiger partial charge in [0.1, 0.15) is 12.4 Å². The zero-order valence-corrected chi connectivity index (χ0v) is 14.8. The van der Waals surface area contributed by atoms with Gasteiger partial charge in [0.25, 0.3) is 5.69 Å². The number of hydrogen-bond acceptors (Lipinski definition) is 4. The number of benzene rings is 3. The summed E-state index contributed by atoms with van der Waals surface area (Å²) in [7, 11) is 0. The zero-order valence-electron chi connectivity index (χ0n) is 14.8. The molecular formula is C22H17NO5. The number of carboxylic acids is 1. The van der Waals surface area contributed by atoms with Crippen LogP contribution in [0.4, 0.5) is 5.69 Å². The Hall–Kier alpha value is -3.93. The van der Waals surface area contributed by atoms with Crippen molar-refractivity contribution in [1.29, 1.82) is 0 Å². The third-order valence-corrected chi connectivity index (χ3v) is 4.06. The molecule has 0 atom stereocenters. The van der Waals surface area contributed by atoms with Crippen LogP contribution in [0.3, 0.4) is 0 Å². The first-order valence-corrected chi connectivity index (χ1v) is 8.50. The maximum atomic E-state index is 11.3. The molecule has 0 unspecified atom stereocenters. The van der Waals surface area contributed by atoms with E-state index in [0.29, 0.717) is 29.0 Å². The molecule has 0 bridgehead atoms. The van der Waals surface area contributed by atoms with Crippen LogP contribution in [0.5, 0.6) is 5.75 Å². The number of nitro groups is 1. The molecule has 3 aromatic rings. The monoisotopic (exact) mass is 375 g/mol. The minimum atomic E-state index is -1.09. The fraction of sp³-hybridized carbons (Fsp3) is 0.0455. The molecule has 0 spiro atoms. The maximum absolute atomic E-state index is 11.3. The van der Waals surface area contributed by atoms with E-state index in [4.69, 9.17) is 9.84 Å². The summed E-state index contributed by atoms with van der Waals surface area (Å²) in [6.07, 6.45) is 2.43. The van der Waals surface area contributed by atoms with Gasteiger partial charge < -0.3 is 9.84 Å². The molecule has 0 aromatic heterocycles. The van der Waals surface area contributed by atoms with E-state index in [1.165, 1.54) is 12.1 Å². The number of hydrogen-bond donors (Lipinski definition) is 1. The summed E-state index contributed by atoms with van der Waals surface area (Å²) in [6, 6.07) is 21.1. The third-order valence-electron chi connectivity index (χ3n) is 4.06. The highest BCUT2D eigenvalue weighted by Crippen LogP contribution is 2.33. The molecule has 0 saturated heterocycles. The minimum Gasteiger partial charge on any atom is -0.488 e. The molecular weight excluding hydrogens is 358 g/mol. The molecule has 0 radical (unpaired) electrons. The molecule has 0 fully saturated rings. The number of aliphatic carboxylic acids is 1. The Morgan fingerprint density at radius 2 is 1.75 bits per heavy atom. The molecule has 0 saturated carbocycles. The summed E-state index contributed by atoms with van der Waals surface area (Å²) in [5, 5.41) is 20.3. The van der Waals surface area contributed by atoms with E-state index in [1.54, 1.807) is 36.4 Å². The first kappa shape index (κ1) is 18.8. The Morgan fingerprint density at radius 1 is 1.04 bits per heavy atom. The molecule has 6 heteroatoms. The van der Waals surface area contributed by atoms with Crippen molar-refractivity contribution in [3.8, 4) is 16.9 Å². The Bertz CT molecular complexity index is 1030. The summed E-state index contributed by atoms with van der Waals surface area (Å²) < 4.78 is 5.85. The smallest absolute Gasteiger partial charge is 0.328 e. The van der Waals surface area contributed by atoms with E-state index >= 15 is 0 Å². The fourth-order valence-corrected chi connectivity index (χ4v) is 2.75. The van der Waals surface area contributed by atoms with Gasteiger partial charge in [0.15, 0.2) is 0 Å². The second-order valence-corrected chi connectivity index (χ2v) is 5.97. The van der Waals surface area contributed by atoms with Gasteiger partial charge in [0.05, 0.1) is 10.5 Å². The summed E-state index contributed by atoms with van der Waals surface area (Å²) >= 11 is 0. The maximum Gasteiger partial charge on any atom is 0.328 e. The molecule has 140 valence electrons. The van der Waals surface area contributed by atoms with Gasteiger partial charge in [-0.3, -0.25) is 10.1 Å². The van der Waals surface area contributed by atoms with Crippen molar-refractivity contribution < 1.29 is 19.6 Å². The number of rotatable bonds is 7. The summed E-state index contributed by atoms with van der Waals surface area (Å²) in [6.45, 7) is 0.319. The first-order valence-electron chi connectivity index (χ1n) is 8.50.